The van der Waals surface area contributed by atoms with Crippen LogP contribution in [0, 0.1) is 24.0 Å². The number of hydrogen-bond donors (Lipinski definition) is 2. The second kappa shape index (κ2) is 7.82. The Morgan fingerprint density at radius 3 is 2.68 bits per heavy atom. The van der Waals surface area contributed by atoms with Gasteiger partial charge in [0.15, 0.2) is 0 Å². The topological polar surface area (TPSA) is 105 Å². The van der Waals surface area contributed by atoms with E-state index in [1.807, 2.05) is 32.0 Å². The number of benzene rings is 2. The molecule has 0 bridgehead atoms. The molecule has 28 heavy (non-hydrogen) atoms. The van der Waals surface area contributed by atoms with Crippen molar-refractivity contribution in [1.82, 2.24) is 10.3 Å². The summed E-state index contributed by atoms with van der Waals surface area (Å²) >= 11 is 5.75. The van der Waals surface area contributed by atoms with Crippen LogP contribution in [0.4, 0.5) is 5.69 Å². The standard InChI is InChI=1S/C20H18ClN3O4/c1-11-3-4-13-9-15(20(26)23-18(13)12(11)2)7-8-22-19(25)14-5-6-16(21)17(10-14)24(27)28/h3-6,9-10H,7-8H2,1-2H3,(H,22,25)(H,23,26). The third-order valence-electron chi connectivity index (χ3n) is 4.71. The summed E-state index contributed by atoms with van der Waals surface area (Å²) in [5.41, 5.74) is 3.10. The molecule has 8 heteroatoms. The van der Waals surface area contributed by atoms with E-state index in [0.717, 1.165) is 28.1 Å². The molecule has 2 aromatic carbocycles. The molecule has 0 unspecified atom stereocenters. The second-order valence-electron chi connectivity index (χ2n) is 6.52. The molecule has 0 aliphatic carbocycles. The molecular weight excluding hydrogens is 382 g/mol. The lowest BCUT2D eigenvalue weighted by Gasteiger charge is -2.09. The summed E-state index contributed by atoms with van der Waals surface area (Å²) in [5.74, 6) is -0.469. The van der Waals surface area contributed by atoms with Gasteiger partial charge in [-0.2, -0.15) is 0 Å². The van der Waals surface area contributed by atoms with Crippen LogP contribution in [0.3, 0.4) is 0 Å². The van der Waals surface area contributed by atoms with Crippen LogP contribution in [0.5, 0.6) is 0 Å². The summed E-state index contributed by atoms with van der Waals surface area (Å²) < 4.78 is 0. The summed E-state index contributed by atoms with van der Waals surface area (Å²) in [6, 6.07) is 9.62. The first kappa shape index (κ1) is 19.6. The second-order valence-corrected chi connectivity index (χ2v) is 6.93. The fourth-order valence-corrected chi connectivity index (χ4v) is 3.15. The van der Waals surface area contributed by atoms with Crippen LogP contribution in [0.25, 0.3) is 10.9 Å². The third-order valence-corrected chi connectivity index (χ3v) is 5.03. The Balaban J connectivity index is 1.73. The first-order valence-electron chi connectivity index (χ1n) is 8.62. The number of nitrogens with zero attached hydrogens (tertiary/aromatic N) is 1. The molecule has 0 spiro atoms. The molecule has 0 aliphatic heterocycles. The van der Waals surface area contributed by atoms with Gasteiger partial charge >= 0.3 is 0 Å². The van der Waals surface area contributed by atoms with Gasteiger partial charge in [-0.3, -0.25) is 19.7 Å². The number of nitro groups is 1. The first-order chi connectivity index (χ1) is 13.3. The highest BCUT2D eigenvalue weighted by molar-refractivity contribution is 6.32. The van der Waals surface area contributed by atoms with Gasteiger partial charge in [0.2, 0.25) is 0 Å². The summed E-state index contributed by atoms with van der Waals surface area (Å²) in [4.78, 5) is 37.8. The Morgan fingerprint density at radius 1 is 1.21 bits per heavy atom. The fraction of sp³-hybridized carbons (Fsp3) is 0.200. The molecule has 3 aromatic rings. The Bertz CT molecular complexity index is 1150. The van der Waals surface area contributed by atoms with Crippen molar-refractivity contribution < 1.29 is 9.72 Å². The number of carbonyl (C=O) groups is 1. The number of H-pyrrole nitrogens is 1. The average Bonchev–Trinajstić information content (AvgIpc) is 2.66. The predicted octanol–water partition coefficient (Wildman–Crippen LogP) is 3.68. The van der Waals surface area contributed by atoms with E-state index in [4.69, 9.17) is 11.6 Å². The Morgan fingerprint density at radius 2 is 1.96 bits per heavy atom. The minimum atomic E-state index is -0.641. The Kier molecular flexibility index (Phi) is 5.46. The largest absolute Gasteiger partial charge is 0.352 e. The van der Waals surface area contributed by atoms with Crippen molar-refractivity contribution in [2.24, 2.45) is 0 Å². The smallest absolute Gasteiger partial charge is 0.288 e. The van der Waals surface area contributed by atoms with Gasteiger partial charge in [0.25, 0.3) is 17.2 Å². The molecule has 0 saturated heterocycles. The maximum absolute atomic E-state index is 12.3. The fourth-order valence-electron chi connectivity index (χ4n) is 2.96. The molecule has 0 saturated carbocycles. The van der Waals surface area contributed by atoms with Gasteiger partial charge in [0.05, 0.1) is 10.4 Å². The van der Waals surface area contributed by atoms with E-state index >= 15 is 0 Å². The number of nitro benzene ring substituents is 1. The minimum Gasteiger partial charge on any atom is -0.352 e. The maximum atomic E-state index is 12.3. The van der Waals surface area contributed by atoms with E-state index in [1.54, 1.807) is 0 Å². The molecule has 0 radical (unpaired) electrons. The molecule has 7 nitrogen and oxygen atoms in total. The van der Waals surface area contributed by atoms with Crippen LogP contribution in [-0.2, 0) is 6.42 Å². The van der Waals surface area contributed by atoms with Crippen molar-refractivity contribution in [2.75, 3.05) is 6.54 Å². The lowest BCUT2D eigenvalue weighted by atomic mass is 10.0. The van der Waals surface area contributed by atoms with Crippen molar-refractivity contribution in [3.63, 3.8) is 0 Å². The number of nitrogens with one attached hydrogen (secondary N) is 2. The quantitative estimate of drug-likeness (QED) is 0.504. The Labute approximate surface area is 165 Å². The number of fused-ring (bicyclic) bond motifs is 1. The van der Waals surface area contributed by atoms with Crippen LogP contribution in [-0.4, -0.2) is 22.4 Å². The lowest BCUT2D eigenvalue weighted by molar-refractivity contribution is -0.384. The van der Waals surface area contributed by atoms with Gasteiger partial charge in [-0.05, 0) is 55.0 Å². The molecule has 3 rings (SSSR count). The molecule has 144 valence electrons. The number of aromatic nitrogens is 1. The van der Waals surface area contributed by atoms with E-state index in [1.165, 1.54) is 12.1 Å². The summed E-state index contributed by atoms with van der Waals surface area (Å²) in [6.07, 6.45) is 0.333. The third kappa shape index (κ3) is 3.89. The number of carbonyl (C=O) groups excluding carboxylic acids is 1. The van der Waals surface area contributed by atoms with E-state index in [9.17, 15) is 19.7 Å². The predicted molar refractivity (Wildman–Crippen MR) is 108 cm³/mol. The van der Waals surface area contributed by atoms with Gasteiger partial charge in [0, 0.05) is 23.7 Å². The molecule has 1 aromatic heterocycles. The number of hydrogen-bond acceptors (Lipinski definition) is 4. The van der Waals surface area contributed by atoms with Gasteiger partial charge in [-0.1, -0.05) is 23.7 Å². The monoisotopic (exact) mass is 399 g/mol. The van der Waals surface area contributed by atoms with Crippen molar-refractivity contribution in [3.05, 3.63) is 84.1 Å². The summed E-state index contributed by atoms with van der Waals surface area (Å²) in [6.45, 7) is 4.16. The molecular formula is C20H18ClN3O4. The van der Waals surface area contributed by atoms with Crippen LogP contribution in [0.2, 0.25) is 5.02 Å². The SMILES string of the molecule is Cc1ccc2cc(CCNC(=O)c3ccc(Cl)c([N+](=O)[O-])c3)c(=O)[nH]c2c1C. The van der Waals surface area contributed by atoms with E-state index in [2.05, 4.69) is 10.3 Å². The van der Waals surface area contributed by atoms with Crippen LogP contribution in [0.15, 0.2) is 41.2 Å². The minimum absolute atomic E-state index is 0.0326. The van der Waals surface area contributed by atoms with E-state index in [-0.39, 0.29) is 28.4 Å². The number of rotatable bonds is 5. The summed E-state index contributed by atoms with van der Waals surface area (Å²) in [7, 11) is 0. The number of pyridine rings is 1. The van der Waals surface area contributed by atoms with Crippen molar-refractivity contribution in [2.45, 2.75) is 20.3 Å². The zero-order valence-corrected chi connectivity index (χ0v) is 16.1. The van der Waals surface area contributed by atoms with Crippen molar-refractivity contribution in [1.29, 1.82) is 0 Å². The van der Waals surface area contributed by atoms with Crippen molar-refractivity contribution >= 4 is 34.1 Å². The van der Waals surface area contributed by atoms with Crippen LogP contribution < -0.4 is 10.9 Å². The Hall–Kier alpha value is -3.19. The highest BCUT2D eigenvalue weighted by Gasteiger charge is 2.16. The highest BCUT2D eigenvalue weighted by Crippen LogP contribution is 2.25. The number of aromatic amines is 1. The van der Waals surface area contributed by atoms with Gasteiger partial charge in [0.1, 0.15) is 5.02 Å². The molecule has 2 N–H and O–H groups in total. The molecule has 1 heterocycles. The van der Waals surface area contributed by atoms with Crippen molar-refractivity contribution in [3.8, 4) is 0 Å². The maximum Gasteiger partial charge on any atom is 0.288 e. The highest BCUT2D eigenvalue weighted by atomic mass is 35.5. The van der Waals surface area contributed by atoms with Gasteiger partial charge in [-0.25, -0.2) is 0 Å². The molecule has 0 fully saturated rings. The van der Waals surface area contributed by atoms with Crippen LogP contribution >= 0.6 is 11.6 Å². The first-order valence-corrected chi connectivity index (χ1v) is 9.00. The summed E-state index contributed by atoms with van der Waals surface area (Å²) in [5, 5.41) is 14.5. The molecule has 1 amide bonds. The zero-order valence-electron chi connectivity index (χ0n) is 15.3. The normalized spacial score (nSPS) is 10.8. The number of aryl methyl sites for hydroxylation is 2. The van der Waals surface area contributed by atoms with Gasteiger partial charge < -0.3 is 10.3 Å². The van der Waals surface area contributed by atoms with E-state index < -0.39 is 10.8 Å². The zero-order chi connectivity index (χ0) is 20.4. The average molecular weight is 400 g/mol. The van der Waals surface area contributed by atoms with E-state index in [0.29, 0.717) is 12.0 Å². The number of amides is 1. The lowest BCUT2D eigenvalue weighted by Crippen LogP contribution is -2.27. The molecule has 0 aliphatic rings. The number of halogens is 1. The molecule has 0 atom stereocenters. The van der Waals surface area contributed by atoms with Gasteiger partial charge in [-0.15, -0.1) is 0 Å². The van der Waals surface area contributed by atoms with Crippen LogP contribution in [0.1, 0.15) is 27.0 Å².